The third kappa shape index (κ3) is 5.43. The lowest BCUT2D eigenvalue weighted by Gasteiger charge is -2.38. The summed E-state index contributed by atoms with van der Waals surface area (Å²) in [5.74, 6) is -0.135. The Hall–Kier alpha value is -1.11. The maximum Gasteiger partial charge on any atom is 0.247 e. The molecule has 0 radical (unpaired) electrons. The number of piperidine rings is 1. The first-order valence-electron chi connectivity index (χ1n) is 8.36. The van der Waals surface area contributed by atoms with Crippen molar-refractivity contribution in [2.45, 2.75) is 45.2 Å². The van der Waals surface area contributed by atoms with E-state index in [0.29, 0.717) is 13.1 Å². The van der Waals surface area contributed by atoms with E-state index in [1.807, 2.05) is 38.1 Å². The standard InChI is InChI=1S/C18H26BrN3O2.ClH/c1-12(2)16(23)21-15-5-4-10-22(11-15)17(24)18(3,20)13-6-8-14(19)9-7-13;/h6-9,12,15H,4-5,10-11,20H2,1-3H3,(H,21,23);1H. The quantitative estimate of drug-likeness (QED) is 0.768. The van der Waals surface area contributed by atoms with Crippen LogP contribution in [0.5, 0.6) is 0 Å². The highest BCUT2D eigenvalue weighted by Gasteiger charge is 2.36. The van der Waals surface area contributed by atoms with Crippen LogP contribution in [0.25, 0.3) is 0 Å². The second-order valence-electron chi connectivity index (χ2n) is 6.96. The second kappa shape index (κ2) is 9.01. The number of carbonyl (C=O) groups excluding carboxylic acids is 2. The summed E-state index contributed by atoms with van der Waals surface area (Å²) in [6, 6.07) is 7.50. The molecule has 0 saturated carbocycles. The van der Waals surface area contributed by atoms with Crippen molar-refractivity contribution in [2.24, 2.45) is 11.7 Å². The maximum absolute atomic E-state index is 12.9. The van der Waals surface area contributed by atoms with Crippen LogP contribution < -0.4 is 11.1 Å². The largest absolute Gasteiger partial charge is 0.351 e. The number of hydrogen-bond acceptors (Lipinski definition) is 3. The van der Waals surface area contributed by atoms with Gasteiger partial charge in [-0.2, -0.15) is 0 Å². The molecule has 0 aliphatic carbocycles. The Morgan fingerprint density at radius 1 is 1.32 bits per heavy atom. The maximum atomic E-state index is 12.9. The molecule has 2 amide bonds. The second-order valence-corrected chi connectivity index (χ2v) is 7.88. The molecule has 25 heavy (non-hydrogen) atoms. The Balaban J connectivity index is 0.00000312. The van der Waals surface area contributed by atoms with Crippen LogP contribution in [0.2, 0.25) is 0 Å². The minimum Gasteiger partial charge on any atom is -0.351 e. The normalized spacial score (nSPS) is 19.8. The molecule has 3 N–H and O–H groups in total. The lowest BCUT2D eigenvalue weighted by Crippen LogP contribution is -2.57. The van der Waals surface area contributed by atoms with E-state index < -0.39 is 5.54 Å². The van der Waals surface area contributed by atoms with Gasteiger partial charge >= 0.3 is 0 Å². The fraction of sp³-hybridized carbons (Fsp3) is 0.556. The molecule has 1 aromatic carbocycles. The SMILES string of the molecule is CC(C)C(=O)NC1CCCN(C(=O)C(C)(N)c2ccc(Br)cc2)C1.Cl. The van der Waals surface area contributed by atoms with E-state index in [0.717, 1.165) is 22.9 Å². The Bertz CT molecular complexity index is 605. The summed E-state index contributed by atoms with van der Waals surface area (Å²) in [5.41, 5.74) is 6.07. The summed E-state index contributed by atoms with van der Waals surface area (Å²) in [6.07, 6.45) is 1.76. The van der Waals surface area contributed by atoms with Gasteiger partial charge in [-0.1, -0.05) is 41.9 Å². The number of nitrogens with one attached hydrogen (secondary N) is 1. The topological polar surface area (TPSA) is 75.4 Å². The van der Waals surface area contributed by atoms with Gasteiger partial charge in [0.25, 0.3) is 0 Å². The first-order chi connectivity index (χ1) is 11.2. The van der Waals surface area contributed by atoms with Gasteiger partial charge < -0.3 is 16.0 Å². The summed E-state index contributed by atoms with van der Waals surface area (Å²) in [7, 11) is 0. The van der Waals surface area contributed by atoms with Gasteiger partial charge in [0, 0.05) is 29.5 Å². The minimum absolute atomic E-state index is 0. The van der Waals surface area contributed by atoms with Gasteiger partial charge in [0.15, 0.2) is 0 Å². The van der Waals surface area contributed by atoms with Crippen LogP contribution in [-0.4, -0.2) is 35.8 Å². The summed E-state index contributed by atoms with van der Waals surface area (Å²) in [5, 5.41) is 3.02. The van der Waals surface area contributed by atoms with Crippen molar-refractivity contribution in [3.8, 4) is 0 Å². The molecule has 0 aromatic heterocycles. The fourth-order valence-electron chi connectivity index (χ4n) is 2.90. The van der Waals surface area contributed by atoms with Crippen LogP contribution >= 0.6 is 28.3 Å². The van der Waals surface area contributed by atoms with Crippen LogP contribution in [0, 0.1) is 5.92 Å². The zero-order valence-corrected chi connectivity index (χ0v) is 17.3. The highest BCUT2D eigenvalue weighted by molar-refractivity contribution is 9.10. The number of hydrogen-bond donors (Lipinski definition) is 2. The summed E-state index contributed by atoms with van der Waals surface area (Å²) >= 11 is 3.39. The highest BCUT2D eigenvalue weighted by atomic mass is 79.9. The number of nitrogens with two attached hydrogens (primary N) is 1. The number of likely N-dealkylation sites (tertiary alicyclic amines) is 1. The molecule has 0 bridgehead atoms. The molecule has 2 unspecified atom stereocenters. The van der Waals surface area contributed by atoms with Crippen LogP contribution in [0.1, 0.15) is 39.2 Å². The Labute approximate surface area is 164 Å². The van der Waals surface area contributed by atoms with Gasteiger partial charge in [-0.3, -0.25) is 9.59 Å². The van der Waals surface area contributed by atoms with Crippen LogP contribution in [0.3, 0.4) is 0 Å². The van der Waals surface area contributed by atoms with Crippen molar-refractivity contribution < 1.29 is 9.59 Å². The fourth-order valence-corrected chi connectivity index (χ4v) is 3.16. The van der Waals surface area contributed by atoms with Gasteiger partial charge in [0.05, 0.1) is 0 Å². The molecule has 1 heterocycles. The monoisotopic (exact) mass is 431 g/mol. The molecule has 2 rings (SSSR count). The molecule has 1 aliphatic rings. The van der Waals surface area contributed by atoms with Gasteiger partial charge in [-0.15, -0.1) is 12.4 Å². The molecule has 1 aromatic rings. The Kier molecular flexibility index (Phi) is 7.90. The smallest absolute Gasteiger partial charge is 0.247 e. The van der Waals surface area contributed by atoms with E-state index in [4.69, 9.17) is 5.73 Å². The van der Waals surface area contributed by atoms with Gasteiger partial charge in [-0.25, -0.2) is 0 Å². The van der Waals surface area contributed by atoms with Gasteiger partial charge in [0.2, 0.25) is 11.8 Å². The third-order valence-electron chi connectivity index (χ3n) is 4.47. The Morgan fingerprint density at radius 3 is 2.48 bits per heavy atom. The molecule has 7 heteroatoms. The van der Waals surface area contributed by atoms with Gasteiger partial charge in [0.1, 0.15) is 5.54 Å². The molecule has 2 atom stereocenters. The number of nitrogens with zero attached hydrogens (tertiary/aromatic N) is 1. The van der Waals surface area contributed by atoms with E-state index in [9.17, 15) is 9.59 Å². The Morgan fingerprint density at radius 2 is 1.92 bits per heavy atom. The van der Waals surface area contributed by atoms with E-state index in [2.05, 4.69) is 21.2 Å². The predicted octanol–water partition coefficient (Wildman–Crippen LogP) is 2.81. The van der Waals surface area contributed by atoms with Crippen molar-refractivity contribution in [3.63, 3.8) is 0 Å². The van der Waals surface area contributed by atoms with E-state index >= 15 is 0 Å². The number of benzene rings is 1. The van der Waals surface area contributed by atoms with Crippen LogP contribution in [-0.2, 0) is 15.1 Å². The van der Waals surface area contributed by atoms with Gasteiger partial charge in [-0.05, 0) is 37.5 Å². The molecule has 140 valence electrons. The lowest BCUT2D eigenvalue weighted by molar-refractivity contribution is -0.139. The molecule has 5 nitrogen and oxygen atoms in total. The molecular weight excluding hydrogens is 406 g/mol. The van der Waals surface area contributed by atoms with Crippen molar-refractivity contribution >= 4 is 40.2 Å². The molecule has 1 fully saturated rings. The first kappa shape index (κ1) is 21.9. The highest BCUT2D eigenvalue weighted by Crippen LogP contribution is 2.24. The van der Waals surface area contributed by atoms with Crippen molar-refractivity contribution in [2.75, 3.05) is 13.1 Å². The van der Waals surface area contributed by atoms with E-state index in [1.165, 1.54) is 0 Å². The zero-order chi connectivity index (χ0) is 17.9. The van der Waals surface area contributed by atoms with E-state index in [1.54, 1.807) is 11.8 Å². The van der Waals surface area contributed by atoms with Crippen molar-refractivity contribution in [1.29, 1.82) is 0 Å². The number of rotatable bonds is 4. The number of amides is 2. The molecule has 1 aliphatic heterocycles. The summed E-state index contributed by atoms with van der Waals surface area (Å²) in [4.78, 5) is 26.6. The molecule has 1 saturated heterocycles. The van der Waals surface area contributed by atoms with Crippen molar-refractivity contribution in [1.82, 2.24) is 10.2 Å². The number of halogens is 2. The van der Waals surface area contributed by atoms with Crippen molar-refractivity contribution in [3.05, 3.63) is 34.3 Å². The zero-order valence-electron chi connectivity index (χ0n) is 14.9. The number of carbonyl (C=O) groups is 2. The molecule has 0 spiro atoms. The average molecular weight is 433 g/mol. The van der Waals surface area contributed by atoms with E-state index in [-0.39, 0.29) is 36.2 Å². The summed E-state index contributed by atoms with van der Waals surface area (Å²) in [6.45, 7) is 6.67. The summed E-state index contributed by atoms with van der Waals surface area (Å²) < 4.78 is 0.948. The van der Waals surface area contributed by atoms with Crippen LogP contribution in [0.15, 0.2) is 28.7 Å². The lowest BCUT2D eigenvalue weighted by atomic mass is 9.90. The predicted molar refractivity (Wildman–Crippen MR) is 106 cm³/mol. The third-order valence-corrected chi connectivity index (χ3v) is 5.00. The molecular formula is C18H27BrClN3O2. The minimum atomic E-state index is -1.08. The first-order valence-corrected chi connectivity index (χ1v) is 9.15. The average Bonchev–Trinajstić information content (AvgIpc) is 2.54. The van der Waals surface area contributed by atoms with Crippen LogP contribution in [0.4, 0.5) is 0 Å².